The molecule has 2 aromatic rings. The zero-order valence-electron chi connectivity index (χ0n) is 10.3. The minimum atomic E-state index is -0.524. The fraction of sp³-hybridized carbons (Fsp3) is 0.333. The first-order chi connectivity index (χ1) is 9.15. The molecule has 0 saturated heterocycles. The maximum atomic E-state index is 10.5. The summed E-state index contributed by atoms with van der Waals surface area (Å²) in [6, 6.07) is 10.2. The van der Waals surface area contributed by atoms with Gasteiger partial charge in [-0.2, -0.15) is 0 Å². The lowest BCUT2D eigenvalue weighted by atomic mass is 9.80. The van der Waals surface area contributed by atoms with E-state index < -0.39 is 6.10 Å². The van der Waals surface area contributed by atoms with Crippen LogP contribution in [0.5, 0.6) is 0 Å². The van der Waals surface area contributed by atoms with Crippen molar-refractivity contribution in [3.05, 3.63) is 55.7 Å². The Morgan fingerprint density at radius 1 is 1.21 bits per heavy atom. The smallest absolute Gasteiger partial charge is 0.100 e. The first-order valence-corrected chi connectivity index (χ1v) is 7.92. The molecule has 3 rings (SSSR count). The van der Waals surface area contributed by atoms with E-state index in [0.717, 1.165) is 24.8 Å². The number of hydrogen-bond donors (Lipinski definition) is 1. The molecule has 0 saturated carbocycles. The second-order valence-electron chi connectivity index (χ2n) is 5.00. The van der Waals surface area contributed by atoms with Crippen LogP contribution in [0, 0.1) is 5.92 Å². The number of hydrogen-bond acceptors (Lipinski definition) is 2. The summed E-state index contributed by atoms with van der Waals surface area (Å²) in [4.78, 5) is 0. The summed E-state index contributed by atoms with van der Waals surface area (Å²) in [5.41, 5.74) is 3.52. The van der Waals surface area contributed by atoms with Gasteiger partial charge in [0.2, 0.25) is 0 Å². The highest BCUT2D eigenvalue weighted by molar-refractivity contribution is 7.20. The molecule has 1 aliphatic carbocycles. The lowest BCUT2D eigenvalue weighted by Gasteiger charge is -2.28. The van der Waals surface area contributed by atoms with E-state index >= 15 is 0 Å². The molecule has 0 fully saturated rings. The van der Waals surface area contributed by atoms with Crippen molar-refractivity contribution in [2.24, 2.45) is 5.92 Å². The molecule has 0 amide bonds. The topological polar surface area (TPSA) is 20.2 Å². The van der Waals surface area contributed by atoms with E-state index in [4.69, 9.17) is 23.2 Å². The second kappa shape index (κ2) is 5.45. The summed E-state index contributed by atoms with van der Waals surface area (Å²) in [5, 5.41) is 10.5. The van der Waals surface area contributed by atoms with Crippen LogP contribution in [0.2, 0.25) is 8.67 Å². The average Bonchev–Trinajstić information content (AvgIpc) is 2.76. The van der Waals surface area contributed by atoms with E-state index in [9.17, 15) is 5.11 Å². The molecule has 2 atom stereocenters. The van der Waals surface area contributed by atoms with Gasteiger partial charge in [0.25, 0.3) is 0 Å². The molecule has 1 aromatic heterocycles. The van der Waals surface area contributed by atoms with Crippen molar-refractivity contribution in [3.8, 4) is 0 Å². The van der Waals surface area contributed by atoms with Crippen molar-refractivity contribution in [2.75, 3.05) is 0 Å². The third kappa shape index (κ3) is 2.68. The number of thiophene rings is 1. The minimum Gasteiger partial charge on any atom is -0.388 e. The molecule has 1 aliphatic rings. The number of rotatable bonds is 2. The summed E-state index contributed by atoms with van der Waals surface area (Å²) in [7, 11) is 0. The summed E-state index contributed by atoms with van der Waals surface area (Å²) < 4.78 is 1.24. The van der Waals surface area contributed by atoms with Crippen LogP contribution in [0.25, 0.3) is 0 Å². The maximum absolute atomic E-state index is 10.5. The highest BCUT2D eigenvalue weighted by Crippen LogP contribution is 2.41. The summed E-state index contributed by atoms with van der Waals surface area (Å²) in [5.74, 6) is 0.220. The largest absolute Gasteiger partial charge is 0.388 e. The van der Waals surface area contributed by atoms with E-state index in [1.165, 1.54) is 22.5 Å². The molecule has 1 N–H and O–H groups in total. The van der Waals surface area contributed by atoms with Gasteiger partial charge in [0.15, 0.2) is 0 Å². The molecule has 0 radical (unpaired) electrons. The van der Waals surface area contributed by atoms with Crippen molar-refractivity contribution in [3.63, 3.8) is 0 Å². The van der Waals surface area contributed by atoms with Gasteiger partial charge in [-0.05, 0) is 42.4 Å². The first-order valence-electron chi connectivity index (χ1n) is 6.34. The number of benzene rings is 1. The van der Waals surface area contributed by atoms with Gasteiger partial charge in [0.05, 0.1) is 10.4 Å². The Morgan fingerprint density at radius 2 is 1.95 bits per heavy atom. The van der Waals surface area contributed by atoms with E-state index in [-0.39, 0.29) is 5.92 Å². The lowest BCUT2D eigenvalue weighted by molar-refractivity contribution is 0.1000. The maximum Gasteiger partial charge on any atom is 0.100 e. The molecule has 1 aromatic carbocycles. The molecule has 0 bridgehead atoms. The van der Waals surface area contributed by atoms with Crippen LogP contribution in [-0.4, -0.2) is 5.11 Å². The molecule has 4 heteroatoms. The normalized spacial score (nSPS) is 20.1. The van der Waals surface area contributed by atoms with Gasteiger partial charge in [-0.1, -0.05) is 47.5 Å². The number of aliphatic hydroxyl groups is 1. The van der Waals surface area contributed by atoms with Crippen molar-refractivity contribution >= 4 is 34.5 Å². The second-order valence-corrected chi connectivity index (χ2v) is 7.28. The van der Waals surface area contributed by atoms with Gasteiger partial charge in [0, 0.05) is 5.56 Å². The van der Waals surface area contributed by atoms with Gasteiger partial charge in [-0.3, -0.25) is 0 Å². The zero-order chi connectivity index (χ0) is 13.4. The predicted octanol–water partition coefficient (Wildman–Crippen LogP) is 4.89. The van der Waals surface area contributed by atoms with E-state index in [1.807, 2.05) is 0 Å². The summed E-state index contributed by atoms with van der Waals surface area (Å²) in [6.07, 6.45) is 2.39. The number of aliphatic hydroxyl groups excluding tert-OH is 1. The molecule has 2 unspecified atom stereocenters. The Bertz CT molecular complexity index is 594. The fourth-order valence-electron chi connectivity index (χ4n) is 2.80. The molecule has 0 spiro atoms. The SMILES string of the molecule is OC(c1cc(Cl)sc1Cl)C1CCc2ccccc2C1. The predicted molar refractivity (Wildman–Crippen MR) is 81.3 cm³/mol. The molecular formula is C15H14Cl2OS. The number of aryl methyl sites for hydroxylation is 1. The molecule has 1 heterocycles. The Morgan fingerprint density at radius 3 is 2.63 bits per heavy atom. The van der Waals surface area contributed by atoms with E-state index in [2.05, 4.69) is 24.3 Å². The quantitative estimate of drug-likeness (QED) is 0.836. The molecule has 0 aliphatic heterocycles. The van der Waals surface area contributed by atoms with Crippen LogP contribution in [0.4, 0.5) is 0 Å². The van der Waals surface area contributed by atoms with Crippen LogP contribution in [0.1, 0.15) is 29.2 Å². The van der Waals surface area contributed by atoms with Gasteiger partial charge < -0.3 is 5.11 Å². The van der Waals surface area contributed by atoms with E-state index in [1.54, 1.807) is 6.07 Å². The fourth-order valence-corrected chi connectivity index (χ4v) is 4.34. The molecule has 1 nitrogen and oxygen atoms in total. The van der Waals surface area contributed by atoms with Gasteiger partial charge >= 0.3 is 0 Å². The Labute approximate surface area is 126 Å². The Kier molecular flexibility index (Phi) is 3.86. The Balaban J connectivity index is 1.83. The molecule has 100 valence electrons. The molecular weight excluding hydrogens is 299 g/mol. The first kappa shape index (κ1) is 13.4. The van der Waals surface area contributed by atoms with Crippen molar-refractivity contribution in [1.29, 1.82) is 0 Å². The van der Waals surface area contributed by atoms with Gasteiger partial charge in [0.1, 0.15) is 4.34 Å². The lowest BCUT2D eigenvalue weighted by Crippen LogP contribution is -2.21. The minimum absolute atomic E-state index is 0.220. The van der Waals surface area contributed by atoms with E-state index in [0.29, 0.717) is 8.67 Å². The number of halogens is 2. The van der Waals surface area contributed by atoms with Gasteiger partial charge in [-0.15, -0.1) is 11.3 Å². The zero-order valence-corrected chi connectivity index (χ0v) is 12.6. The highest BCUT2D eigenvalue weighted by Gasteiger charge is 2.28. The summed E-state index contributed by atoms with van der Waals surface area (Å²) >= 11 is 13.4. The Hall–Kier alpha value is -0.540. The van der Waals surface area contributed by atoms with Crippen molar-refractivity contribution < 1.29 is 5.11 Å². The van der Waals surface area contributed by atoms with Crippen LogP contribution in [0.3, 0.4) is 0 Å². The van der Waals surface area contributed by atoms with Crippen LogP contribution < -0.4 is 0 Å². The average molecular weight is 313 g/mol. The third-order valence-electron chi connectivity index (χ3n) is 3.83. The van der Waals surface area contributed by atoms with Crippen molar-refractivity contribution in [2.45, 2.75) is 25.4 Å². The van der Waals surface area contributed by atoms with Crippen LogP contribution in [-0.2, 0) is 12.8 Å². The van der Waals surface area contributed by atoms with Crippen LogP contribution >= 0.6 is 34.5 Å². The van der Waals surface area contributed by atoms with Crippen LogP contribution in [0.15, 0.2) is 30.3 Å². The molecule has 19 heavy (non-hydrogen) atoms. The number of fused-ring (bicyclic) bond motifs is 1. The summed E-state index contributed by atoms with van der Waals surface area (Å²) in [6.45, 7) is 0. The van der Waals surface area contributed by atoms with Gasteiger partial charge in [-0.25, -0.2) is 0 Å². The van der Waals surface area contributed by atoms with Crippen molar-refractivity contribution in [1.82, 2.24) is 0 Å². The monoisotopic (exact) mass is 312 g/mol. The standard InChI is InChI=1S/C15H14Cl2OS/c16-13-8-12(15(17)19-13)14(18)11-6-5-9-3-1-2-4-10(9)7-11/h1-4,8,11,14,18H,5-7H2. The third-order valence-corrected chi connectivity index (χ3v) is 5.35. The highest BCUT2D eigenvalue weighted by atomic mass is 35.5.